The molecule has 0 unspecified atom stereocenters. The van der Waals surface area contributed by atoms with Crippen molar-refractivity contribution >= 4 is 21.5 Å². The van der Waals surface area contributed by atoms with Gasteiger partial charge in [-0.15, -0.1) is 0 Å². The Morgan fingerprint density at radius 3 is 0.939 bits per heavy atom. The van der Waals surface area contributed by atoms with Gasteiger partial charge in [-0.1, -0.05) is 210 Å². The van der Waals surface area contributed by atoms with Crippen LogP contribution in [0.2, 0.25) is 0 Å². The number of benzene rings is 8. The van der Waals surface area contributed by atoms with E-state index in [0.717, 1.165) is 137 Å². The number of nitrogens with zero attached hydrogens (tertiary/aromatic N) is 4. The van der Waals surface area contributed by atoms with E-state index in [1.807, 2.05) is 60.9 Å². The number of unbranched alkanes of at least 4 members (excludes halogenated alkanes) is 6. The average Bonchev–Trinajstić information content (AvgIpc) is 3.74. The zero-order chi connectivity index (χ0) is 55.5. The van der Waals surface area contributed by atoms with Gasteiger partial charge >= 0.3 is 0 Å². The highest BCUT2D eigenvalue weighted by Crippen LogP contribution is 2.47. The van der Waals surface area contributed by atoms with E-state index in [9.17, 15) is 0 Å². The topological polar surface area (TPSA) is 70.0 Å². The van der Waals surface area contributed by atoms with Crippen LogP contribution >= 0.6 is 0 Å². The van der Waals surface area contributed by atoms with E-state index in [1.165, 1.54) is 47.9 Å². The van der Waals surface area contributed by atoms with Crippen molar-refractivity contribution in [3.8, 4) is 112 Å². The Balaban J connectivity index is 0.831. The first-order chi connectivity index (χ1) is 40.6. The van der Waals surface area contributed by atoms with Crippen molar-refractivity contribution in [3.63, 3.8) is 0 Å². The molecule has 8 aromatic carbocycles. The average molecular weight is 1070 g/mol. The first-order valence-corrected chi connectivity index (χ1v) is 29.1. The van der Waals surface area contributed by atoms with E-state index in [-0.39, 0.29) is 0 Å². The molecule has 0 saturated heterocycles. The second kappa shape index (κ2) is 25.3. The summed E-state index contributed by atoms with van der Waals surface area (Å²) in [4.78, 5) is 18.3. The lowest BCUT2D eigenvalue weighted by atomic mass is 9.89. The Labute approximate surface area is 482 Å². The number of rotatable bonds is 21. The molecule has 4 heterocycles. The zero-order valence-corrected chi connectivity index (χ0v) is 46.8. The molecule has 6 heteroatoms. The molecule has 12 aromatic rings. The van der Waals surface area contributed by atoms with Crippen LogP contribution in [0.15, 0.2) is 243 Å². The van der Waals surface area contributed by atoms with Gasteiger partial charge in [0, 0.05) is 47.0 Å². The van der Waals surface area contributed by atoms with Crippen LogP contribution < -0.4 is 9.47 Å². The quantitative estimate of drug-likeness (QED) is 0.0668. The van der Waals surface area contributed by atoms with Crippen LogP contribution in [0.25, 0.3) is 122 Å². The third-order valence-corrected chi connectivity index (χ3v) is 15.6. The molecular formula is C76H66N4O2. The lowest BCUT2D eigenvalue weighted by molar-refractivity contribution is 0.302. The summed E-state index contributed by atoms with van der Waals surface area (Å²) in [6.45, 7) is 5.82. The highest BCUT2D eigenvalue weighted by molar-refractivity contribution is 6.11. The molecule has 12 rings (SSSR count). The Morgan fingerprint density at radius 1 is 0.280 bits per heavy atom. The second-order valence-electron chi connectivity index (χ2n) is 21.2. The van der Waals surface area contributed by atoms with E-state index in [4.69, 9.17) is 19.4 Å². The fourth-order valence-corrected chi connectivity index (χ4v) is 11.0. The summed E-state index contributed by atoms with van der Waals surface area (Å²) in [6.07, 6.45) is 16.5. The van der Waals surface area contributed by atoms with Gasteiger partial charge in [-0.3, -0.25) is 19.9 Å². The van der Waals surface area contributed by atoms with Crippen LogP contribution in [0.5, 0.6) is 11.5 Å². The van der Waals surface area contributed by atoms with Gasteiger partial charge in [0.2, 0.25) is 0 Å². The molecule has 0 saturated carbocycles. The summed E-state index contributed by atoms with van der Waals surface area (Å²) >= 11 is 0. The smallest absolute Gasteiger partial charge is 0.127 e. The summed E-state index contributed by atoms with van der Waals surface area (Å²) in [7, 11) is 0. The van der Waals surface area contributed by atoms with Crippen molar-refractivity contribution in [2.75, 3.05) is 13.2 Å². The predicted octanol–water partition coefficient (Wildman–Crippen LogP) is 20.5. The Kier molecular flexibility index (Phi) is 16.4. The molecule has 0 spiro atoms. The molecule has 0 N–H and O–H groups in total. The number of aromatic nitrogens is 4. The van der Waals surface area contributed by atoms with Crippen LogP contribution in [0.1, 0.15) is 65.2 Å². The Morgan fingerprint density at radius 2 is 0.610 bits per heavy atom. The maximum absolute atomic E-state index is 6.86. The summed E-state index contributed by atoms with van der Waals surface area (Å²) in [5.74, 6) is 1.77. The molecule has 402 valence electrons. The van der Waals surface area contributed by atoms with Crippen molar-refractivity contribution in [1.29, 1.82) is 0 Å². The van der Waals surface area contributed by atoms with Gasteiger partial charge in [0.25, 0.3) is 0 Å². The molecule has 82 heavy (non-hydrogen) atoms. The van der Waals surface area contributed by atoms with E-state index in [1.54, 1.807) is 12.4 Å². The largest absolute Gasteiger partial charge is 0.493 e. The monoisotopic (exact) mass is 1070 g/mol. The summed E-state index contributed by atoms with van der Waals surface area (Å²) in [5.41, 5.74) is 19.3. The van der Waals surface area contributed by atoms with E-state index in [0.29, 0.717) is 13.2 Å². The third kappa shape index (κ3) is 12.0. The van der Waals surface area contributed by atoms with Crippen LogP contribution in [-0.4, -0.2) is 33.1 Å². The van der Waals surface area contributed by atoms with Crippen LogP contribution in [0, 0.1) is 0 Å². The Hall–Kier alpha value is -9.52. The van der Waals surface area contributed by atoms with E-state index >= 15 is 0 Å². The molecule has 0 aliphatic heterocycles. The summed E-state index contributed by atoms with van der Waals surface area (Å²) in [6, 6.07) is 78.0. The molecule has 0 radical (unpaired) electrons. The number of hydrogen-bond acceptors (Lipinski definition) is 6. The van der Waals surface area contributed by atoms with Crippen molar-refractivity contribution in [3.05, 3.63) is 243 Å². The maximum Gasteiger partial charge on any atom is 0.127 e. The lowest BCUT2D eigenvalue weighted by Gasteiger charge is -2.20. The highest BCUT2D eigenvalue weighted by atomic mass is 16.5. The molecule has 0 amide bonds. The highest BCUT2D eigenvalue weighted by Gasteiger charge is 2.21. The first-order valence-electron chi connectivity index (χ1n) is 29.1. The maximum atomic E-state index is 6.86. The summed E-state index contributed by atoms with van der Waals surface area (Å²) < 4.78 is 13.7. The van der Waals surface area contributed by atoms with Gasteiger partial charge in [0.05, 0.1) is 36.0 Å². The molecule has 0 aliphatic rings. The molecule has 0 fully saturated rings. The van der Waals surface area contributed by atoms with Crippen LogP contribution in [0.4, 0.5) is 0 Å². The van der Waals surface area contributed by atoms with Crippen LogP contribution in [0.3, 0.4) is 0 Å². The van der Waals surface area contributed by atoms with Crippen molar-refractivity contribution in [2.45, 2.75) is 65.2 Å². The third-order valence-electron chi connectivity index (χ3n) is 15.6. The van der Waals surface area contributed by atoms with Gasteiger partial charge in [0.1, 0.15) is 11.5 Å². The minimum absolute atomic E-state index is 0.656. The van der Waals surface area contributed by atoms with Gasteiger partial charge in [-0.2, -0.15) is 0 Å². The standard InChI is InChI=1S/C76H66N4O2/c1-3-5-7-13-47-81-73-43-37-63-49-61(57-25-17-53(18-26-57)55-21-29-59(30-22-55)65-35-41-71(79-51-65)69-15-9-11-45-77-69)33-39-67(63)75(73)76-68-40-34-62(50-64(68)38-44-74(76)82-48-14-8-6-4-2)58-27-19-54(20-28-58)56-23-31-60(32-24-56)66-36-42-72(80-52-66)70-16-10-12-46-78-70/h9-12,15-46,49-52H,3-8,13-14,47-48H2,1-2H3. The van der Waals surface area contributed by atoms with Gasteiger partial charge in [0.15, 0.2) is 0 Å². The number of ether oxygens (including phenoxy) is 2. The van der Waals surface area contributed by atoms with Crippen molar-refractivity contribution < 1.29 is 9.47 Å². The first kappa shape index (κ1) is 53.1. The predicted molar refractivity (Wildman–Crippen MR) is 341 cm³/mol. The molecule has 6 nitrogen and oxygen atoms in total. The molecule has 0 bridgehead atoms. The minimum atomic E-state index is 0.656. The van der Waals surface area contributed by atoms with Gasteiger partial charge in [-0.25, -0.2) is 0 Å². The summed E-state index contributed by atoms with van der Waals surface area (Å²) in [5, 5.41) is 4.58. The van der Waals surface area contributed by atoms with E-state index < -0.39 is 0 Å². The van der Waals surface area contributed by atoms with Crippen LogP contribution in [-0.2, 0) is 0 Å². The second-order valence-corrected chi connectivity index (χ2v) is 21.2. The van der Waals surface area contributed by atoms with Crippen molar-refractivity contribution in [2.24, 2.45) is 0 Å². The van der Waals surface area contributed by atoms with Gasteiger partial charge < -0.3 is 9.47 Å². The van der Waals surface area contributed by atoms with E-state index in [2.05, 4.69) is 194 Å². The lowest BCUT2D eigenvalue weighted by Crippen LogP contribution is -2.03. The molecule has 0 aliphatic carbocycles. The Bertz CT molecular complexity index is 3780. The fraction of sp³-hybridized carbons (Fsp3) is 0.158. The minimum Gasteiger partial charge on any atom is -0.493 e. The zero-order valence-electron chi connectivity index (χ0n) is 46.8. The van der Waals surface area contributed by atoms with Crippen molar-refractivity contribution in [1.82, 2.24) is 19.9 Å². The molecular weight excluding hydrogens is 1000 g/mol. The normalized spacial score (nSPS) is 11.3. The number of hydrogen-bond donors (Lipinski definition) is 0. The fourth-order valence-electron chi connectivity index (χ4n) is 11.0. The number of pyridine rings is 4. The molecule has 0 atom stereocenters. The number of fused-ring (bicyclic) bond motifs is 2. The molecule has 4 aromatic heterocycles. The van der Waals surface area contributed by atoms with Gasteiger partial charge in [-0.05, 0) is 151 Å². The SMILES string of the molecule is CCCCCCOc1ccc2cc(-c3ccc(-c4ccc(-c5ccc(-c6ccccn6)nc5)cc4)cc3)ccc2c1-c1c(OCCCCCC)ccc2cc(-c3ccc(-c4ccc(-c5ccc(-c6ccccn6)nc5)cc4)cc3)ccc12.